The summed E-state index contributed by atoms with van der Waals surface area (Å²) in [4.78, 5) is 14.7. The molecule has 0 saturated carbocycles. The topological polar surface area (TPSA) is 38.7 Å². The van der Waals surface area contributed by atoms with Crippen molar-refractivity contribution in [2.75, 3.05) is 0 Å². The van der Waals surface area contributed by atoms with Crippen molar-refractivity contribution < 1.29 is 0 Å². The first-order valence-electron chi connectivity index (χ1n) is 18.7. The Hall–Kier alpha value is -7.23. The second-order valence-electron chi connectivity index (χ2n) is 14.0. The Morgan fingerprint density at radius 1 is 0.345 bits per heavy atom. The lowest BCUT2D eigenvalue weighted by Crippen LogP contribution is -2.28. The number of nitrogens with zero attached hydrogens (tertiary/aromatic N) is 3. The molecular weight excluding hydrogens is 667 g/mol. The van der Waals surface area contributed by atoms with Crippen LogP contribution >= 0.6 is 0 Å². The quantitative estimate of drug-likeness (QED) is 0.166. The molecule has 3 nitrogen and oxygen atoms in total. The first kappa shape index (κ1) is 32.4. The molecule has 0 unspecified atom stereocenters. The molecule has 1 aliphatic rings. The van der Waals surface area contributed by atoms with Crippen molar-refractivity contribution in [3.8, 4) is 67.3 Å². The lowest BCUT2D eigenvalue weighted by Gasteiger charge is -2.34. The van der Waals surface area contributed by atoms with Gasteiger partial charge in [0, 0.05) is 29.1 Å². The number of hydrogen-bond acceptors (Lipinski definition) is 3. The summed E-state index contributed by atoms with van der Waals surface area (Å²) in [5.74, 6) is 0.673. The van der Waals surface area contributed by atoms with Crippen molar-refractivity contribution in [1.82, 2.24) is 15.0 Å². The number of rotatable bonds is 7. The van der Waals surface area contributed by atoms with Gasteiger partial charge in [0.15, 0.2) is 5.82 Å². The van der Waals surface area contributed by atoms with Crippen molar-refractivity contribution >= 4 is 0 Å². The van der Waals surface area contributed by atoms with Crippen LogP contribution in [0.2, 0.25) is 0 Å². The highest BCUT2D eigenvalue weighted by Crippen LogP contribution is 2.58. The van der Waals surface area contributed by atoms with E-state index in [9.17, 15) is 0 Å². The van der Waals surface area contributed by atoms with Crippen molar-refractivity contribution in [3.05, 3.63) is 235 Å². The van der Waals surface area contributed by atoms with Gasteiger partial charge in [0.25, 0.3) is 0 Å². The van der Waals surface area contributed by atoms with E-state index in [4.69, 9.17) is 9.97 Å². The van der Waals surface area contributed by atoms with Gasteiger partial charge in [-0.05, 0) is 79.9 Å². The Labute approximate surface area is 321 Å². The molecule has 2 heterocycles. The third kappa shape index (κ3) is 5.57. The van der Waals surface area contributed by atoms with Crippen LogP contribution in [0, 0.1) is 0 Å². The Morgan fingerprint density at radius 3 is 1.58 bits per heavy atom. The van der Waals surface area contributed by atoms with Crippen molar-refractivity contribution in [2.45, 2.75) is 5.41 Å². The normalized spacial score (nSPS) is 12.5. The van der Waals surface area contributed by atoms with Gasteiger partial charge in [0.05, 0.1) is 16.8 Å². The summed E-state index contributed by atoms with van der Waals surface area (Å²) >= 11 is 0. The van der Waals surface area contributed by atoms with E-state index in [0.29, 0.717) is 5.82 Å². The van der Waals surface area contributed by atoms with Crippen LogP contribution < -0.4 is 0 Å². The molecule has 0 aliphatic heterocycles. The van der Waals surface area contributed by atoms with E-state index in [1.165, 1.54) is 44.5 Å². The molecule has 258 valence electrons. The maximum Gasteiger partial charge on any atom is 0.160 e. The van der Waals surface area contributed by atoms with Crippen LogP contribution in [0.15, 0.2) is 213 Å². The molecule has 0 fully saturated rings. The summed E-state index contributed by atoms with van der Waals surface area (Å²) in [7, 11) is 0. The molecule has 0 saturated heterocycles. The van der Waals surface area contributed by atoms with Crippen LogP contribution in [-0.2, 0) is 5.41 Å². The van der Waals surface area contributed by atoms with Crippen molar-refractivity contribution in [2.24, 2.45) is 0 Å². The van der Waals surface area contributed by atoms with Crippen LogP contribution in [0.4, 0.5) is 0 Å². The fraction of sp³-hybridized carbons (Fsp3) is 0.0192. The zero-order valence-corrected chi connectivity index (χ0v) is 30.0. The monoisotopic (exact) mass is 701 g/mol. The Kier molecular flexibility index (Phi) is 8.04. The van der Waals surface area contributed by atoms with Gasteiger partial charge in [-0.1, -0.05) is 176 Å². The molecule has 0 amide bonds. The van der Waals surface area contributed by atoms with Gasteiger partial charge in [-0.3, -0.25) is 4.98 Å². The van der Waals surface area contributed by atoms with Gasteiger partial charge in [-0.2, -0.15) is 0 Å². The van der Waals surface area contributed by atoms with Gasteiger partial charge < -0.3 is 0 Å². The molecule has 1 aliphatic carbocycles. The van der Waals surface area contributed by atoms with E-state index in [-0.39, 0.29) is 0 Å². The van der Waals surface area contributed by atoms with E-state index in [1.807, 2.05) is 24.4 Å². The average molecular weight is 702 g/mol. The van der Waals surface area contributed by atoms with Gasteiger partial charge in [0.1, 0.15) is 0 Å². The molecule has 55 heavy (non-hydrogen) atoms. The summed E-state index contributed by atoms with van der Waals surface area (Å²) in [6.07, 6.45) is 3.65. The number of aromatic nitrogens is 3. The third-order valence-electron chi connectivity index (χ3n) is 10.9. The number of fused-ring (bicyclic) bond motifs is 3. The van der Waals surface area contributed by atoms with Crippen molar-refractivity contribution in [3.63, 3.8) is 0 Å². The first-order chi connectivity index (χ1) is 27.3. The van der Waals surface area contributed by atoms with Crippen molar-refractivity contribution in [1.29, 1.82) is 0 Å². The lowest BCUT2D eigenvalue weighted by atomic mass is 9.67. The van der Waals surface area contributed by atoms with E-state index in [0.717, 1.165) is 39.2 Å². The van der Waals surface area contributed by atoms with Crippen LogP contribution in [0.1, 0.15) is 22.3 Å². The van der Waals surface area contributed by atoms with Gasteiger partial charge in [-0.15, -0.1) is 0 Å². The smallest absolute Gasteiger partial charge is 0.160 e. The molecular formula is C52H35N3. The van der Waals surface area contributed by atoms with E-state index in [2.05, 4.69) is 187 Å². The minimum Gasteiger partial charge on any atom is -0.264 e. The highest BCUT2D eigenvalue weighted by Gasteiger charge is 2.46. The second-order valence-corrected chi connectivity index (χ2v) is 14.0. The zero-order valence-electron chi connectivity index (χ0n) is 30.0. The largest absolute Gasteiger partial charge is 0.264 e. The highest BCUT2D eigenvalue weighted by molar-refractivity contribution is 5.96. The van der Waals surface area contributed by atoms with E-state index >= 15 is 0 Å². The lowest BCUT2D eigenvalue weighted by molar-refractivity contribution is 0.768. The minimum atomic E-state index is -0.460. The molecule has 0 N–H and O–H groups in total. The maximum atomic E-state index is 5.22. The van der Waals surface area contributed by atoms with Gasteiger partial charge in [-0.25, -0.2) is 9.97 Å². The molecule has 0 spiro atoms. The fourth-order valence-electron chi connectivity index (χ4n) is 8.41. The molecule has 9 aromatic rings. The third-order valence-corrected chi connectivity index (χ3v) is 10.9. The summed E-state index contributed by atoms with van der Waals surface area (Å²) in [5, 5.41) is 0. The van der Waals surface area contributed by atoms with Crippen LogP contribution in [0.5, 0.6) is 0 Å². The first-order valence-corrected chi connectivity index (χ1v) is 18.7. The molecule has 10 rings (SSSR count). The predicted molar refractivity (Wildman–Crippen MR) is 224 cm³/mol. The number of pyridine rings is 1. The summed E-state index contributed by atoms with van der Waals surface area (Å²) < 4.78 is 0. The molecule has 7 aromatic carbocycles. The SMILES string of the molecule is c1ccc(-c2ccc(-c3nc(-c4cccnc4)cc(-c4cccc(-c5cccc6c5-c5ccccc5C6(c5ccccc5)c5ccccc5)c4)n3)cc2)cc1. The molecule has 0 bridgehead atoms. The van der Waals surface area contributed by atoms with Gasteiger partial charge in [0.2, 0.25) is 0 Å². The Balaban J connectivity index is 1.13. The summed E-state index contributed by atoms with van der Waals surface area (Å²) in [5.41, 5.74) is 16.4. The molecule has 3 heteroatoms. The molecule has 0 atom stereocenters. The average Bonchev–Trinajstić information content (AvgIpc) is 3.59. The molecule has 2 aromatic heterocycles. The van der Waals surface area contributed by atoms with Crippen LogP contribution in [0.25, 0.3) is 67.3 Å². The maximum absolute atomic E-state index is 5.22. The van der Waals surface area contributed by atoms with E-state index < -0.39 is 5.41 Å². The second kappa shape index (κ2) is 13.6. The molecule has 0 radical (unpaired) electrons. The van der Waals surface area contributed by atoms with Gasteiger partial charge >= 0.3 is 0 Å². The van der Waals surface area contributed by atoms with Crippen LogP contribution in [-0.4, -0.2) is 15.0 Å². The van der Waals surface area contributed by atoms with E-state index in [1.54, 1.807) is 6.20 Å². The number of hydrogen-bond donors (Lipinski definition) is 0. The predicted octanol–water partition coefficient (Wildman–Crippen LogP) is 12.6. The zero-order chi connectivity index (χ0) is 36.6. The Bertz CT molecular complexity index is 2740. The fourth-order valence-corrected chi connectivity index (χ4v) is 8.41. The highest BCUT2D eigenvalue weighted by atomic mass is 14.9. The van der Waals surface area contributed by atoms with Crippen LogP contribution in [0.3, 0.4) is 0 Å². The Morgan fingerprint density at radius 2 is 0.873 bits per heavy atom. The minimum absolute atomic E-state index is 0.460. The number of benzene rings is 7. The summed E-state index contributed by atoms with van der Waals surface area (Å²) in [6.45, 7) is 0. The summed E-state index contributed by atoms with van der Waals surface area (Å²) in [6, 6.07) is 71.5. The standard InChI is InChI=1S/C52H35N3/c1-4-15-36(16-5-1)37-28-30-38(31-29-37)51-54-48(34-49(55-51)41-19-14-32-53-35-41)40-18-12-17-39(33-40)44-25-13-27-47-50(44)45-24-10-11-26-46(45)52(47,42-20-6-2-7-21-42)43-22-8-3-9-23-43/h1-35H.